The third-order valence-electron chi connectivity index (χ3n) is 3.20. The van der Waals surface area contributed by atoms with E-state index < -0.39 is 9.84 Å². The van der Waals surface area contributed by atoms with Crippen LogP contribution in [0.5, 0.6) is 0 Å². The fourth-order valence-corrected chi connectivity index (χ4v) is 3.76. The zero-order valence-corrected chi connectivity index (χ0v) is 10.5. The first-order chi connectivity index (χ1) is 7.97. The molecular weight excluding hydrogens is 241 g/mol. The summed E-state index contributed by atoms with van der Waals surface area (Å²) in [5.74, 6) is -0.290. The Labute approximate surface area is 101 Å². The van der Waals surface area contributed by atoms with Crippen LogP contribution >= 0.6 is 0 Å². The Hall–Kier alpha value is -1.10. The van der Waals surface area contributed by atoms with Crippen LogP contribution in [-0.4, -0.2) is 26.0 Å². The second-order valence-corrected chi connectivity index (χ2v) is 6.82. The van der Waals surface area contributed by atoms with E-state index in [2.05, 4.69) is 5.32 Å². The van der Waals surface area contributed by atoms with Gasteiger partial charge in [0.2, 0.25) is 0 Å². The van der Waals surface area contributed by atoms with E-state index in [0.29, 0.717) is 6.42 Å². The third kappa shape index (κ3) is 2.97. The molecule has 2 rings (SSSR count). The van der Waals surface area contributed by atoms with E-state index in [1.807, 2.05) is 0 Å². The molecule has 1 aromatic rings. The van der Waals surface area contributed by atoms with E-state index in [1.165, 1.54) is 18.4 Å². The molecule has 5 heteroatoms. The highest BCUT2D eigenvalue weighted by molar-refractivity contribution is 7.91. The minimum Gasteiger partial charge on any atom is -0.381 e. The Morgan fingerprint density at radius 1 is 1.24 bits per heavy atom. The quantitative estimate of drug-likeness (QED) is 0.903. The van der Waals surface area contributed by atoms with Crippen molar-refractivity contribution in [2.75, 3.05) is 11.6 Å². The SMILES string of the molecule is CS(=O)(=O)C1CCCC1Nc1ccc(F)cc1. The third-order valence-corrected chi connectivity index (χ3v) is 4.86. The summed E-state index contributed by atoms with van der Waals surface area (Å²) >= 11 is 0. The van der Waals surface area contributed by atoms with Gasteiger partial charge >= 0.3 is 0 Å². The van der Waals surface area contributed by atoms with Crippen molar-refractivity contribution < 1.29 is 12.8 Å². The highest BCUT2D eigenvalue weighted by Gasteiger charge is 2.34. The lowest BCUT2D eigenvalue weighted by Gasteiger charge is -2.20. The summed E-state index contributed by atoms with van der Waals surface area (Å²) in [6.07, 6.45) is 3.74. The molecule has 1 fully saturated rings. The number of nitrogens with one attached hydrogen (secondary N) is 1. The van der Waals surface area contributed by atoms with Crippen molar-refractivity contribution in [1.29, 1.82) is 0 Å². The fourth-order valence-electron chi connectivity index (χ4n) is 2.36. The molecule has 17 heavy (non-hydrogen) atoms. The Morgan fingerprint density at radius 2 is 1.88 bits per heavy atom. The van der Waals surface area contributed by atoms with Crippen LogP contribution in [0.2, 0.25) is 0 Å². The number of halogens is 1. The second kappa shape index (κ2) is 4.64. The molecule has 0 aliphatic heterocycles. The van der Waals surface area contributed by atoms with Crippen molar-refractivity contribution >= 4 is 15.5 Å². The first kappa shape index (κ1) is 12.4. The van der Waals surface area contributed by atoms with Crippen LogP contribution in [-0.2, 0) is 9.84 Å². The largest absolute Gasteiger partial charge is 0.381 e. The van der Waals surface area contributed by atoms with Crippen LogP contribution in [0.3, 0.4) is 0 Å². The van der Waals surface area contributed by atoms with E-state index in [-0.39, 0.29) is 17.1 Å². The van der Waals surface area contributed by atoms with Gasteiger partial charge in [-0.3, -0.25) is 0 Å². The average Bonchev–Trinajstić information content (AvgIpc) is 2.69. The molecule has 1 aromatic carbocycles. The fraction of sp³-hybridized carbons (Fsp3) is 0.500. The van der Waals surface area contributed by atoms with E-state index in [1.54, 1.807) is 12.1 Å². The van der Waals surface area contributed by atoms with Crippen molar-refractivity contribution in [2.24, 2.45) is 0 Å². The Morgan fingerprint density at radius 3 is 2.47 bits per heavy atom. The van der Waals surface area contributed by atoms with Gasteiger partial charge in [-0.1, -0.05) is 0 Å². The van der Waals surface area contributed by atoms with Crippen LogP contribution in [0.25, 0.3) is 0 Å². The van der Waals surface area contributed by atoms with Gasteiger partial charge in [0.15, 0.2) is 9.84 Å². The lowest BCUT2D eigenvalue weighted by atomic mass is 10.2. The monoisotopic (exact) mass is 257 g/mol. The molecule has 94 valence electrons. The smallest absolute Gasteiger partial charge is 0.152 e. The van der Waals surface area contributed by atoms with E-state index >= 15 is 0 Å². The van der Waals surface area contributed by atoms with Gasteiger partial charge in [0.25, 0.3) is 0 Å². The zero-order chi connectivity index (χ0) is 12.5. The van der Waals surface area contributed by atoms with Gasteiger partial charge < -0.3 is 5.32 Å². The van der Waals surface area contributed by atoms with Gasteiger partial charge in [0.05, 0.1) is 5.25 Å². The molecule has 1 aliphatic carbocycles. The van der Waals surface area contributed by atoms with Gasteiger partial charge in [-0.2, -0.15) is 0 Å². The molecule has 1 saturated carbocycles. The maximum Gasteiger partial charge on any atom is 0.152 e. The molecule has 0 saturated heterocycles. The minimum atomic E-state index is -3.02. The van der Waals surface area contributed by atoms with Crippen molar-refractivity contribution in [3.05, 3.63) is 30.1 Å². The zero-order valence-electron chi connectivity index (χ0n) is 9.69. The predicted octanol–water partition coefficient (Wildman–Crippen LogP) is 2.20. The molecule has 0 heterocycles. The highest BCUT2D eigenvalue weighted by Crippen LogP contribution is 2.27. The maximum atomic E-state index is 12.7. The highest BCUT2D eigenvalue weighted by atomic mass is 32.2. The summed E-state index contributed by atoms with van der Waals surface area (Å²) in [6, 6.07) is 5.94. The summed E-state index contributed by atoms with van der Waals surface area (Å²) in [5, 5.41) is 2.85. The average molecular weight is 257 g/mol. The van der Waals surface area contributed by atoms with Crippen molar-refractivity contribution in [3.8, 4) is 0 Å². The summed E-state index contributed by atoms with van der Waals surface area (Å²) in [4.78, 5) is 0. The van der Waals surface area contributed by atoms with Crippen LogP contribution < -0.4 is 5.32 Å². The van der Waals surface area contributed by atoms with Crippen LogP contribution in [0.4, 0.5) is 10.1 Å². The van der Waals surface area contributed by atoms with Gasteiger partial charge in [-0.15, -0.1) is 0 Å². The molecule has 0 aromatic heterocycles. The standard InChI is InChI=1S/C12H16FNO2S/c1-17(15,16)12-4-2-3-11(12)14-10-7-5-9(13)6-8-10/h5-8,11-12,14H,2-4H2,1H3. The van der Waals surface area contributed by atoms with Crippen molar-refractivity contribution in [3.63, 3.8) is 0 Å². The van der Waals surface area contributed by atoms with Crippen molar-refractivity contribution in [2.45, 2.75) is 30.6 Å². The van der Waals surface area contributed by atoms with Crippen LogP contribution in [0, 0.1) is 5.82 Å². The van der Waals surface area contributed by atoms with Crippen LogP contribution in [0.15, 0.2) is 24.3 Å². The number of benzene rings is 1. The molecular formula is C12H16FNO2S. The lowest BCUT2D eigenvalue weighted by Crippen LogP contribution is -2.34. The molecule has 0 radical (unpaired) electrons. The molecule has 2 atom stereocenters. The minimum absolute atomic E-state index is 0.0598. The Kier molecular flexibility index (Phi) is 3.38. The molecule has 1 aliphatic rings. The molecule has 0 amide bonds. The number of sulfone groups is 1. The van der Waals surface area contributed by atoms with Crippen LogP contribution in [0.1, 0.15) is 19.3 Å². The lowest BCUT2D eigenvalue weighted by molar-refractivity contribution is 0.579. The van der Waals surface area contributed by atoms with Gasteiger partial charge in [0.1, 0.15) is 5.82 Å². The molecule has 1 N–H and O–H groups in total. The number of hydrogen-bond donors (Lipinski definition) is 1. The molecule has 2 unspecified atom stereocenters. The van der Waals surface area contributed by atoms with E-state index in [0.717, 1.165) is 18.5 Å². The Bertz CT molecular complexity index is 484. The normalized spacial score (nSPS) is 24.8. The predicted molar refractivity (Wildman–Crippen MR) is 66.3 cm³/mol. The second-order valence-electron chi connectivity index (χ2n) is 4.56. The summed E-state index contributed by atoms with van der Waals surface area (Å²) < 4.78 is 35.9. The topological polar surface area (TPSA) is 46.2 Å². The number of anilines is 1. The van der Waals surface area contributed by atoms with E-state index in [4.69, 9.17) is 0 Å². The number of hydrogen-bond acceptors (Lipinski definition) is 3. The number of rotatable bonds is 3. The molecule has 3 nitrogen and oxygen atoms in total. The van der Waals surface area contributed by atoms with Gasteiger partial charge in [-0.05, 0) is 43.5 Å². The summed E-state index contributed by atoms with van der Waals surface area (Å²) in [6.45, 7) is 0. The van der Waals surface area contributed by atoms with Crippen molar-refractivity contribution in [1.82, 2.24) is 0 Å². The van der Waals surface area contributed by atoms with Gasteiger partial charge in [-0.25, -0.2) is 12.8 Å². The summed E-state index contributed by atoms with van der Waals surface area (Å²) in [5.41, 5.74) is 0.770. The van der Waals surface area contributed by atoms with E-state index in [9.17, 15) is 12.8 Å². The first-order valence-corrected chi connectivity index (χ1v) is 7.63. The maximum absolute atomic E-state index is 12.7. The summed E-state index contributed by atoms with van der Waals surface area (Å²) in [7, 11) is -3.02. The molecule has 0 bridgehead atoms. The molecule has 0 spiro atoms. The van der Waals surface area contributed by atoms with Gasteiger partial charge in [0, 0.05) is 18.0 Å². The Balaban J connectivity index is 2.11. The first-order valence-electron chi connectivity index (χ1n) is 5.68.